The maximum atomic E-state index is 13.0. The van der Waals surface area contributed by atoms with Crippen LogP contribution in [-0.2, 0) is 4.79 Å². The van der Waals surface area contributed by atoms with Crippen molar-refractivity contribution in [3.05, 3.63) is 69.7 Å². The quantitative estimate of drug-likeness (QED) is 0.617. The van der Waals surface area contributed by atoms with Gasteiger partial charge in [0.15, 0.2) is 22.8 Å². The average molecular weight is 501 g/mol. The zero-order valence-electron chi connectivity index (χ0n) is 17.1. The summed E-state index contributed by atoms with van der Waals surface area (Å²) in [6.07, 6.45) is 3.00. The Morgan fingerprint density at radius 3 is 2.87 bits per heavy atom. The molecule has 1 N–H and O–H groups in total. The first kappa shape index (κ1) is 21.5. The number of amidine groups is 1. The van der Waals surface area contributed by atoms with Crippen molar-refractivity contribution in [1.29, 1.82) is 0 Å². The number of fused-ring (bicyclic) bond motifs is 2. The molecule has 2 aliphatic rings. The van der Waals surface area contributed by atoms with E-state index in [1.165, 1.54) is 11.8 Å². The molecule has 2 heterocycles. The fraction of sp³-hybridized carbons (Fsp3) is 0.227. The lowest BCUT2D eigenvalue weighted by molar-refractivity contribution is -0.116. The van der Waals surface area contributed by atoms with E-state index in [0.717, 1.165) is 20.6 Å². The van der Waals surface area contributed by atoms with E-state index in [1.54, 1.807) is 11.1 Å². The second-order valence-electron chi connectivity index (χ2n) is 6.64. The molecule has 0 aliphatic carbocycles. The van der Waals surface area contributed by atoms with Gasteiger partial charge in [0.25, 0.3) is 5.91 Å². The second-order valence-corrected chi connectivity index (χ2v) is 8.29. The smallest absolute Gasteiger partial charge is 0.276 e. The number of nitrogens with one attached hydrogen (secondary N) is 1. The molecule has 7 nitrogen and oxygen atoms in total. The van der Waals surface area contributed by atoms with E-state index in [0.29, 0.717) is 35.6 Å². The van der Waals surface area contributed by atoms with Crippen molar-refractivity contribution < 1.29 is 14.3 Å². The van der Waals surface area contributed by atoms with Crippen LogP contribution in [0.4, 0.5) is 0 Å². The summed E-state index contributed by atoms with van der Waals surface area (Å²) in [4.78, 5) is 17.9. The first-order chi connectivity index (χ1) is 15.1. The first-order valence-corrected chi connectivity index (χ1v) is 11.7. The van der Waals surface area contributed by atoms with Crippen LogP contribution < -0.4 is 25.4 Å². The molecular weight excluding hydrogens is 480 g/mol. The van der Waals surface area contributed by atoms with Gasteiger partial charge in [0.1, 0.15) is 12.3 Å². The van der Waals surface area contributed by atoms with E-state index in [2.05, 4.69) is 32.9 Å². The van der Waals surface area contributed by atoms with Crippen LogP contribution in [0, 0.1) is 0 Å². The lowest BCUT2D eigenvalue weighted by atomic mass is 10.1. The van der Waals surface area contributed by atoms with Crippen LogP contribution >= 0.6 is 27.7 Å². The number of hydrogen-bond acceptors (Lipinski definition) is 7. The monoisotopic (exact) mass is 500 g/mol. The predicted octanol–water partition coefficient (Wildman–Crippen LogP) is 2.92. The third-order valence-electron chi connectivity index (χ3n) is 4.68. The van der Waals surface area contributed by atoms with Gasteiger partial charge in [-0.25, -0.2) is 5.01 Å². The SMILES string of the molecule is C=CCOc1c(Br)cc([C@H]2N=c3ccccc3=C3C(=O)NC(SC)=NN32)cc1OCC. The third-order valence-corrected chi connectivity index (χ3v) is 5.84. The summed E-state index contributed by atoms with van der Waals surface area (Å²) in [7, 11) is 0. The Morgan fingerprint density at radius 2 is 2.13 bits per heavy atom. The highest BCUT2D eigenvalue weighted by Crippen LogP contribution is 2.41. The number of carbonyl (C=O) groups is 1. The van der Waals surface area contributed by atoms with Crippen molar-refractivity contribution in [3.8, 4) is 11.5 Å². The van der Waals surface area contributed by atoms with Gasteiger partial charge in [-0.1, -0.05) is 42.6 Å². The lowest BCUT2D eigenvalue weighted by Gasteiger charge is -2.34. The van der Waals surface area contributed by atoms with Crippen LogP contribution in [0.25, 0.3) is 5.70 Å². The van der Waals surface area contributed by atoms with Gasteiger partial charge in [-0.05, 0) is 47.3 Å². The van der Waals surface area contributed by atoms with E-state index in [1.807, 2.05) is 49.6 Å². The third kappa shape index (κ3) is 4.07. The molecule has 9 heteroatoms. The first-order valence-electron chi connectivity index (χ1n) is 9.67. The van der Waals surface area contributed by atoms with Crippen molar-refractivity contribution in [1.82, 2.24) is 10.3 Å². The fourth-order valence-electron chi connectivity index (χ4n) is 3.42. The van der Waals surface area contributed by atoms with Crippen LogP contribution in [0.1, 0.15) is 18.7 Å². The summed E-state index contributed by atoms with van der Waals surface area (Å²) < 4.78 is 12.4. The number of hydrazone groups is 1. The van der Waals surface area contributed by atoms with E-state index in [9.17, 15) is 4.79 Å². The summed E-state index contributed by atoms with van der Waals surface area (Å²) in [6, 6.07) is 11.4. The minimum Gasteiger partial charge on any atom is -0.490 e. The molecule has 0 saturated carbocycles. The van der Waals surface area contributed by atoms with Crippen LogP contribution in [0.3, 0.4) is 0 Å². The maximum Gasteiger partial charge on any atom is 0.276 e. The van der Waals surface area contributed by atoms with Gasteiger partial charge in [0, 0.05) is 10.8 Å². The largest absolute Gasteiger partial charge is 0.490 e. The summed E-state index contributed by atoms with van der Waals surface area (Å²) in [5.41, 5.74) is 1.28. The van der Waals surface area contributed by atoms with Crippen molar-refractivity contribution in [2.75, 3.05) is 19.5 Å². The molecule has 0 bridgehead atoms. The topological polar surface area (TPSA) is 75.5 Å². The highest BCUT2D eigenvalue weighted by Gasteiger charge is 2.34. The van der Waals surface area contributed by atoms with Crippen LogP contribution in [0.15, 0.2) is 63.6 Å². The number of benzene rings is 2. The van der Waals surface area contributed by atoms with Crippen molar-refractivity contribution in [2.45, 2.75) is 13.1 Å². The Labute approximate surface area is 192 Å². The number of carbonyl (C=O) groups excluding carboxylic acids is 1. The normalized spacial score (nSPS) is 17.1. The highest BCUT2D eigenvalue weighted by molar-refractivity contribution is 9.10. The molecule has 4 rings (SSSR count). The van der Waals surface area contributed by atoms with Gasteiger partial charge in [0.2, 0.25) is 0 Å². The van der Waals surface area contributed by atoms with Gasteiger partial charge >= 0.3 is 0 Å². The number of halogens is 1. The molecule has 0 unspecified atom stereocenters. The Balaban J connectivity index is 1.90. The molecule has 1 atom stereocenters. The number of hydrogen-bond donors (Lipinski definition) is 1. The highest BCUT2D eigenvalue weighted by atomic mass is 79.9. The molecule has 0 saturated heterocycles. The predicted molar refractivity (Wildman–Crippen MR) is 125 cm³/mol. The molecule has 1 amide bonds. The summed E-state index contributed by atoms with van der Waals surface area (Å²) >= 11 is 4.96. The number of nitrogens with zero attached hydrogens (tertiary/aromatic N) is 3. The van der Waals surface area contributed by atoms with Gasteiger partial charge < -0.3 is 9.47 Å². The Hall–Kier alpha value is -2.78. The zero-order chi connectivity index (χ0) is 22.0. The van der Waals surface area contributed by atoms with Crippen LogP contribution in [0.2, 0.25) is 0 Å². The number of rotatable bonds is 6. The van der Waals surface area contributed by atoms with Gasteiger partial charge in [-0.3, -0.25) is 15.1 Å². The van der Waals surface area contributed by atoms with E-state index >= 15 is 0 Å². The van der Waals surface area contributed by atoms with Crippen molar-refractivity contribution in [2.24, 2.45) is 10.1 Å². The summed E-state index contributed by atoms with van der Waals surface area (Å²) in [5.74, 6) is 0.970. The van der Waals surface area contributed by atoms with E-state index in [-0.39, 0.29) is 5.91 Å². The molecule has 31 heavy (non-hydrogen) atoms. The Morgan fingerprint density at radius 1 is 1.32 bits per heavy atom. The lowest BCUT2D eigenvalue weighted by Crippen LogP contribution is -2.50. The van der Waals surface area contributed by atoms with E-state index in [4.69, 9.17) is 14.5 Å². The molecule has 0 aromatic heterocycles. The maximum absolute atomic E-state index is 13.0. The number of thioether (sulfide) groups is 1. The Kier molecular flexibility index (Phi) is 6.33. The molecule has 2 aromatic rings. The van der Waals surface area contributed by atoms with Gasteiger partial charge in [-0.2, -0.15) is 0 Å². The molecular formula is C22H21BrN4O3S. The minimum absolute atomic E-state index is 0.207. The number of ether oxygens (including phenoxy) is 2. The molecule has 160 valence electrons. The summed E-state index contributed by atoms with van der Waals surface area (Å²) in [5, 5.41) is 11.2. The van der Waals surface area contributed by atoms with Crippen LogP contribution in [0.5, 0.6) is 11.5 Å². The van der Waals surface area contributed by atoms with Gasteiger partial charge in [-0.15, -0.1) is 5.10 Å². The zero-order valence-corrected chi connectivity index (χ0v) is 19.5. The minimum atomic E-state index is -0.540. The summed E-state index contributed by atoms with van der Waals surface area (Å²) in [6.45, 7) is 6.44. The molecule has 2 aromatic carbocycles. The van der Waals surface area contributed by atoms with Crippen LogP contribution in [-0.4, -0.2) is 35.6 Å². The van der Waals surface area contributed by atoms with Crippen molar-refractivity contribution >= 4 is 44.5 Å². The Bertz CT molecular complexity index is 1200. The molecule has 0 spiro atoms. The number of amides is 1. The van der Waals surface area contributed by atoms with E-state index < -0.39 is 6.17 Å². The molecule has 2 aliphatic heterocycles. The fourth-order valence-corrected chi connectivity index (χ4v) is 4.36. The number of para-hydroxylation sites is 1. The van der Waals surface area contributed by atoms with Gasteiger partial charge in [0.05, 0.1) is 16.4 Å². The van der Waals surface area contributed by atoms with Crippen molar-refractivity contribution in [3.63, 3.8) is 0 Å². The molecule has 0 fully saturated rings. The average Bonchev–Trinajstić information content (AvgIpc) is 2.77. The standard InChI is InChI=1S/C22H21BrN4O3S/c1-4-10-30-19-15(23)11-13(12-17(19)29-5-2)20-24-16-9-7-6-8-14(16)18-21(28)25-22(31-3)26-27(18)20/h4,6-9,11-12,20H,1,5,10H2,2-3H3,(H,25,26,28)/t20-/m0/s1. The second kappa shape index (κ2) is 9.15. The molecule has 0 radical (unpaired) electrons.